The summed E-state index contributed by atoms with van der Waals surface area (Å²) < 4.78 is 5.60. The highest BCUT2D eigenvalue weighted by molar-refractivity contribution is 5.42. The van der Waals surface area contributed by atoms with E-state index in [-0.39, 0.29) is 5.41 Å². The Morgan fingerprint density at radius 1 is 1.38 bits per heavy atom. The summed E-state index contributed by atoms with van der Waals surface area (Å²) in [6.45, 7) is 7.42. The van der Waals surface area contributed by atoms with E-state index in [0.717, 1.165) is 18.8 Å². The minimum absolute atomic E-state index is 0.173. The molecule has 0 aromatic carbocycles. The maximum atomic E-state index is 5.60. The van der Waals surface area contributed by atoms with E-state index >= 15 is 0 Å². The number of hydrogen-bond donors (Lipinski definition) is 0. The first kappa shape index (κ1) is 8.61. The predicted octanol–water partition coefficient (Wildman–Crippen LogP) is 3.20. The quantitative estimate of drug-likeness (QED) is 0.550. The lowest BCUT2D eigenvalue weighted by molar-refractivity contribution is 0.263. The van der Waals surface area contributed by atoms with Crippen LogP contribution in [-0.2, 0) is 4.74 Å². The van der Waals surface area contributed by atoms with E-state index in [0.29, 0.717) is 0 Å². The third-order valence-corrected chi connectivity index (χ3v) is 2.58. The molecule has 2 aliphatic rings. The molecule has 0 amide bonds. The molecule has 0 bridgehead atoms. The first-order chi connectivity index (χ1) is 6.08. The van der Waals surface area contributed by atoms with Crippen molar-refractivity contribution in [1.82, 2.24) is 0 Å². The average Bonchev–Trinajstić information content (AvgIpc) is 2.44. The minimum Gasteiger partial charge on any atom is -0.493 e. The Balaban J connectivity index is 2.49. The van der Waals surface area contributed by atoms with Crippen LogP contribution in [-0.4, -0.2) is 6.61 Å². The van der Waals surface area contributed by atoms with Crippen LogP contribution in [0, 0.1) is 5.41 Å². The zero-order valence-corrected chi connectivity index (χ0v) is 8.55. The summed E-state index contributed by atoms with van der Waals surface area (Å²) in [6, 6.07) is 0. The Bertz CT molecular complexity index is 316. The molecule has 0 saturated carbocycles. The van der Waals surface area contributed by atoms with Gasteiger partial charge in [0.1, 0.15) is 5.76 Å². The molecule has 0 radical (unpaired) electrons. The zero-order valence-electron chi connectivity index (χ0n) is 8.55. The van der Waals surface area contributed by atoms with Gasteiger partial charge in [-0.05, 0) is 18.1 Å². The van der Waals surface area contributed by atoms with Gasteiger partial charge in [-0.3, -0.25) is 0 Å². The molecule has 1 heterocycles. The molecule has 1 fully saturated rings. The van der Waals surface area contributed by atoms with Crippen LogP contribution < -0.4 is 0 Å². The molecule has 1 nitrogen and oxygen atoms in total. The SMILES string of the molecule is CC1=C2OCCC2=CC(C)(C)C=C1. The van der Waals surface area contributed by atoms with Crippen molar-refractivity contribution in [1.29, 1.82) is 0 Å². The Morgan fingerprint density at radius 2 is 2.15 bits per heavy atom. The van der Waals surface area contributed by atoms with Crippen LogP contribution in [0.4, 0.5) is 0 Å². The topological polar surface area (TPSA) is 9.23 Å². The van der Waals surface area contributed by atoms with E-state index in [2.05, 4.69) is 39.0 Å². The van der Waals surface area contributed by atoms with Crippen LogP contribution in [0.1, 0.15) is 27.2 Å². The molecule has 1 heteroatoms. The van der Waals surface area contributed by atoms with Gasteiger partial charge in [0.05, 0.1) is 6.61 Å². The van der Waals surface area contributed by atoms with Crippen molar-refractivity contribution in [2.75, 3.05) is 6.61 Å². The van der Waals surface area contributed by atoms with Gasteiger partial charge in [0.15, 0.2) is 0 Å². The van der Waals surface area contributed by atoms with E-state index in [1.807, 2.05) is 0 Å². The van der Waals surface area contributed by atoms with Crippen LogP contribution in [0.25, 0.3) is 0 Å². The Labute approximate surface area is 79.8 Å². The van der Waals surface area contributed by atoms with Gasteiger partial charge >= 0.3 is 0 Å². The lowest BCUT2D eigenvalue weighted by Gasteiger charge is -2.13. The van der Waals surface area contributed by atoms with Gasteiger partial charge < -0.3 is 4.74 Å². The van der Waals surface area contributed by atoms with Crippen molar-refractivity contribution >= 4 is 0 Å². The zero-order chi connectivity index (χ0) is 9.47. The van der Waals surface area contributed by atoms with Crippen molar-refractivity contribution < 1.29 is 4.74 Å². The fourth-order valence-corrected chi connectivity index (χ4v) is 1.89. The van der Waals surface area contributed by atoms with Crippen molar-refractivity contribution in [2.24, 2.45) is 5.41 Å². The summed E-state index contributed by atoms with van der Waals surface area (Å²) in [5.74, 6) is 1.11. The molecule has 13 heavy (non-hydrogen) atoms. The van der Waals surface area contributed by atoms with Gasteiger partial charge in [-0.1, -0.05) is 32.1 Å². The number of hydrogen-bond acceptors (Lipinski definition) is 1. The molecule has 0 spiro atoms. The summed E-state index contributed by atoms with van der Waals surface area (Å²) in [6.07, 6.45) is 7.80. The lowest BCUT2D eigenvalue weighted by Crippen LogP contribution is -2.02. The van der Waals surface area contributed by atoms with Crippen LogP contribution in [0.3, 0.4) is 0 Å². The van der Waals surface area contributed by atoms with Gasteiger partial charge in [-0.25, -0.2) is 0 Å². The second-order valence-corrected chi connectivity index (χ2v) is 4.43. The number of fused-ring (bicyclic) bond motifs is 1. The van der Waals surface area contributed by atoms with E-state index < -0.39 is 0 Å². The van der Waals surface area contributed by atoms with Gasteiger partial charge in [-0.2, -0.15) is 0 Å². The molecule has 70 valence electrons. The van der Waals surface area contributed by atoms with E-state index in [1.54, 1.807) is 0 Å². The molecule has 1 saturated heterocycles. The third-order valence-electron chi connectivity index (χ3n) is 2.58. The monoisotopic (exact) mass is 176 g/mol. The molecule has 1 aliphatic carbocycles. The van der Waals surface area contributed by atoms with Gasteiger partial charge in [0, 0.05) is 11.8 Å². The molecule has 0 aromatic heterocycles. The van der Waals surface area contributed by atoms with Crippen LogP contribution in [0.15, 0.2) is 35.1 Å². The van der Waals surface area contributed by atoms with Gasteiger partial charge in [-0.15, -0.1) is 0 Å². The van der Waals surface area contributed by atoms with Crippen LogP contribution >= 0.6 is 0 Å². The predicted molar refractivity (Wildman–Crippen MR) is 54.3 cm³/mol. The van der Waals surface area contributed by atoms with Crippen molar-refractivity contribution in [3.8, 4) is 0 Å². The summed E-state index contributed by atoms with van der Waals surface area (Å²) in [5.41, 5.74) is 2.81. The standard InChI is InChI=1S/C12H16O/c1-9-4-6-12(2,3)8-10-5-7-13-11(9)10/h4,6,8H,5,7H2,1-3H3. The minimum atomic E-state index is 0.173. The molecule has 0 atom stereocenters. The molecule has 0 unspecified atom stereocenters. The Kier molecular flexibility index (Phi) is 1.83. The lowest BCUT2D eigenvalue weighted by atomic mass is 9.91. The number of rotatable bonds is 0. The van der Waals surface area contributed by atoms with E-state index in [9.17, 15) is 0 Å². The van der Waals surface area contributed by atoms with Crippen molar-refractivity contribution in [3.05, 3.63) is 35.1 Å². The second kappa shape index (κ2) is 2.76. The Hall–Kier alpha value is -0.980. The first-order valence-electron chi connectivity index (χ1n) is 4.83. The summed E-state index contributed by atoms with van der Waals surface area (Å²) in [7, 11) is 0. The normalized spacial score (nSPS) is 25.0. The number of ether oxygens (including phenoxy) is 1. The summed E-state index contributed by atoms with van der Waals surface area (Å²) >= 11 is 0. The first-order valence-corrected chi connectivity index (χ1v) is 4.83. The van der Waals surface area contributed by atoms with Gasteiger partial charge in [0.2, 0.25) is 0 Å². The third kappa shape index (κ3) is 1.55. The second-order valence-electron chi connectivity index (χ2n) is 4.43. The Morgan fingerprint density at radius 3 is 2.92 bits per heavy atom. The van der Waals surface area contributed by atoms with E-state index in [4.69, 9.17) is 4.74 Å². The van der Waals surface area contributed by atoms with E-state index in [1.165, 1.54) is 11.1 Å². The van der Waals surface area contributed by atoms with Crippen molar-refractivity contribution in [2.45, 2.75) is 27.2 Å². The van der Waals surface area contributed by atoms with Crippen LogP contribution in [0.5, 0.6) is 0 Å². The average molecular weight is 176 g/mol. The summed E-state index contributed by atoms with van der Waals surface area (Å²) in [4.78, 5) is 0. The highest BCUT2D eigenvalue weighted by atomic mass is 16.5. The van der Waals surface area contributed by atoms with Crippen molar-refractivity contribution in [3.63, 3.8) is 0 Å². The van der Waals surface area contributed by atoms with Gasteiger partial charge in [0.25, 0.3) is 0 Å². The molecule has 0 N–H and O–H groups in total. The maximum Gasteiger partial charge on any atom is 0.125 e. The summed E-state index contributed by atoms with van der Waals surface area (Å²) in [5, 5.41) is 0. The fraction of sp³-hybridized carbons (Fsp3) is 0.500. The molecular formula is C12H16O. The maximum absolute atomic E-state index is 5.60. The molecule has 0 aromatic rings. The fourth-order valence-electron chi connectivity index (χ4n) is 1.89. The largest absolute Gasteiger partial charge is 0.493 e. The smallest absolute Gasteiger partial charge is 0.125 e. The van der Waals surface area contributed by atoms with Crippen LogP contribution in [0.2, 0.25) is 0 Å². The molecular weight excluding hydrogens is 160 g/mol. The number of allylic oxidation sites excluding steroid dienone is 5. The highest BCUT2D eigenvalue weighted by Crippen LogP contribution is 2.35. The molecule has 2 rings (SSSR count). The molecule has 1 aliphatic heterocycles. The highest BCUT2D eigenvalue weighted by Gasteiger charge is 2.23.